The van der Waals surface area contributed by atoms with Crippen LogP contribution in [0.5, 0.6) is 0 Å². The largest absolute Gasteiger partial charge is 0.389 e. The van der Waals surface area contributed by atoms with E-state index in [1.807, 2.05) is 18.2 Å². The third-order valence-corrected chi connectivity index (χ3v) is 3.59. The Morgan fingerprint density at radius 1 is 1.30 bits per heavy atom. The molecular weight excluding hydrogens is 340 g/mol. The molecule has 4 nitrogen and oxygen atoms in total. The third kappa shape index (κ3) is 6.17. The zero-order valence-electron chi connectivity index (χ0n) is 11.7. The monoisotopic (exact) mass is 360 g/mol. The number of hydrogen-bond acceptors (Lipinski definition) is 4. The summed E-state index contributed by atoms with van der Waals surface area (Å²) in [7, 11) is 1.67. The molecule has 0 spiro atoms. The number of nitrogens with one attached hydrogen (secondary N) is 1. The van der Waals surface area contributed by atoms with E-state index in [0.29, 0.717) is 18.2 Å². The number of unbranched alkanes of at least 4 members (excludes halogenated alkanes) is 1. The number of benzene rings is 1. The van der Waals surface area contributed by atoms with Crippen LogP contribution in [-0.4, -0.2) is 38.5 Å². The van der Waals surface area contributed by atoms with Crippen LogP contribution in [-0.2, 0) is 9.47 Å². The molecule has 0 unspecified atom stereocenters. The molecule has 0 aliphatic carbocycles. The SMILES string of the molecule is COCCOCCCCNc1cccc(Br)c1C(N)=S. The molecule has 0 amide bonds. The maximum absolute atomic E-state index is 5.74. The van der Waals surface area contributed by atoms with Crippen LogP contribution < -0.4 is 11.1 Å². The molecule has 1 rings (SSSR count). The molecule has 0 heterocycles. The normalized spacial score (nSPS) is 10.5. The maximum atomic E-state index is 5.74. The average molecular weight is 361 g/mol. The molecule has 6 heteroatoms. The van der Waals surface area contributed by atoms with Crippen LogP contribution in [0.1, 0.15) is 18.4 Å². The van der Waals surface area contributed by atoms with Gasteiger partial charge in [0.15, 0.2) is 0 Å². The minimum atomic E-state index is 0.392. The van der Waals surface area contributed by atoms with Gasteiger partial charge in [-0.3, -0.25) is 0 Å². The van der Waals surface area contributed by atoms with E-state index in [-0.39, 0.29) is 0 Å². The lowest BCUT2D eigenvalue weighted by atomic mass is 10.1. The smallest absolute Gasteiger partial charge is 0.107 e. The fourth-order valence-corrected chi connectivity index (χ4v) is 2.65. The van der Waals surface area contributed by atoms with Crippen LogP contribution in [0, 0.1) is 0 Å². The van der Waals surface area contributed by atoms with E-state index in [4.69, 9.17) is 27.4 Å². The van der Waals surface area contributed by atoms with Gasteiger partial charge in [0.1, 0.15) is 4.99 Å². The number of rotatable bonds is 10. The first kappa shape index (κ1) is 17.4. The number of thiocarbonyl (C=S) groups is 1. The van der Waals surface area contributed by atoms with Gasteiger partial charge in [-0.1, -0.05) is 18.3 Å². The number of ether oxygens (including phenoxy) is 2. The molecule has 0 radical (unpaired) electrons. The Balaban J connectivity index is 2.29. The van der Waals surface area contributed by atoms with Crippen LogP contribution in [0.4, 0.5) is 5.69 Å². The summed E-state index contributed by atoms with van der Waals surface area (Å²) >= 11 is 8.54. The molecule has 0 fully saturated rings. The average Bonchev–Trinajstić information content (AvgIpc) is 2.41. The van der Waals surface area contributed by atoms with Crippen molar-refractivity contribution < 1.29 is 9.47 Å². The van der Waals surface area contributed by atoms with Crippen molar-refractivity contribution in [1.82, 2.24) is 0 Å². The first-order valence-electron chi connectivity index (χ1n) is 6.55. The van der Waals surface area contributed by atoms with Gasteiger partial charge < -0.3 is 20.5 Å². The van der Waals surface area contributed by atoms with E-state index in [2.05, 4.69) is 21.2 Å². The van der Waals surface area contributed by atoms with Gasteiger partial charge in [-0.15, -0.1) is 0 Å². The first-order chi connectivity index (χ1) is 9.66. The van der Waals surface area contributed by atoms with Crippen LogP contribution >= 0.6 is 28.1 Å². The van der Waals surface area contributed by atoms with Crippen molar-refractivity contribution in [3.8, 4) is 0 Å². The highest BCUT2D eigenvalue weighted by molar-refractivity contribution is 9.10. The Morgan fingerprint density at radius 2 is 2.10 bits per heavy atom. The molecule has 1 aromatic rings. The lowest BCUT2D eigenvalue weighted by Crippen LogP contribution is -2.14. The highest BCUT2D eigenvalue weighted by atomic mass is 79.9. The van der Waals surface area contributed by atoms with Gasteiger partial charge in [0.05, 0.1) is 13.2 Å². The Labute approximate surface area is 134 Å². The molecule has 0 saturated carbocycles. The number of hydrogen-bond donors (Lipinski definition) is 2. The summed E-state index contributed by atoms with van der Waals surface area (Å²) in [5.41, 5.74) is 7.57. The highest BCUT2D eigenvalue weighted by Crippen LogP contribution is 2.24. The second kappa shape index (κ2) is 10.1. The highest BCUT2D eigenvalue weighted by Gasteiger charge is 2.08. The van der Waals surface area contributed by atoms with E-state index in [0.717, 1.165) is 41.7 Å². The van der Waals surface area contributed by atoms with Crippen molar-refractivity contribution in [2.45, 2.75) is 12.8 Å². The summed E-state index contributed by atoms with van der Waals surface area (Å²) in [4.78, 5) is 0.392. The van der Waals surface area contributed by atoms with Gasteiger partial charge >= 0.3 is 0 Å². The van der Waals surface area contributed by atoms with Gasteiger partial charge in [-0.05, 0) is 40.9 Å². The van der Waals surface area contributed by atoms with Crippen molar-refractivity contribution in [1.29, 1.82) is 0 Å². The molecule has 0 aromatic heterocycles. The molecule has 0 aliphatic rings. The summed E-state index contributed by atoms with van der Waals surface area (Å²) in [5, 5.41) is 3.36. The molecule has 112 valence electrons. The molecule has 3 N–H and O–H groups in total. The van der Waals surface area contributed by atoms with Gasteiger partial charge in [0, 0.05) is 36.0 Å². The topological polar surface area (TPSA) is 56.5 Å². The Morgan fingerprint density at radius 3 is 2.80 bits per heavy atom. The Kier molecular flexibility index (Phi) is 8.77. The number of nitrogens with two attached hydrogens (primary N) is 1. The Hall–Kier alpha value is -0.690. The first-order valence-corrected chi connectivity index (χ1v) is 7.75. The molecular formula is C14H21BrN2O2S. The van der Waals surface area contributed by atoms with Gasteiger partial charge in [-0.25, -0.2) is 0 Å². The van der Waals surface area contributed by atoms with Crippen LogP contribution in [0.2, 0.25) is 0 Å². The van der Waals surface area contributed by atoms with E-state index in [9.17, 15) is 0 Å². The van der Waals surface area contributed by atoms with E-state index >= 15 is 0 Å². The second-order valence-electron chi connectivity index (χ2n) is 4.27. The van der Waals surface area contributed by atoms with E-state index in [1.54, 1.807) is 7.11 Å². The fraction of sp³-hybridized carbons (Fsp3) is 0.500. The summed E-state index contributed by atoms with van der Waals surface area (Å²) in [6.45, 7) is 2.92. The number of methoxy groups -OCH3 is 1. The summed E-state index contributed by atoms with van der Waals surface area (Å²) in [6.07, 6.45) is 2.03. The van der Waals surface area contributed by atoms with Gasteiger partial charge in [0.2, 0.25) is 0 Å². The summed E-state index contributed by atoms with van der Waals surface area (Å²) in [5.74, 6) is 0. The molecule has 0 saturated heterocycles. The van der Waals surface area contributed by atoms with Gasteiger partial charge in [-0.2, -0.15) is 0 Å². The van der Waals surface area contributed by atoms with Crippen LogP contribution in [0.15, 0.2) is 22.7 Å². The molecule has 0 atom stereocenters. The fourth-order valence-electron chi connectivity index (χ4n) is 1.72. The lowest BCUT2D eigenvalue weighted by molar-refractivity contribution is 0.0691. The summed E-state index contributed by atoms with van der Waals surface area (Å²) < 4.78 is 11.2. The molecule has 0 bridgehead atoms. The standard InChI is InChI=1S/C14H21BrN2O2S/c1-18-9-10-19-8-3-2-7-17-12-6-4-5-11(15)13(12)14(16)20/h4-6,17H,2-3,7-10H2,1H3,(H2,16,20). The van der Waals surface area contributed by atoms with Crippen LogP contribution in [0.3, 0.4) is 0 Å². The predicted molar refractivity (Wildman–Crippen MR) is 90.4 cm³/mol. The zero-order valence-corrected chi connectivity index (χ0v) is 14.1. The van der Waals surface area contributed by atoms with Crippen molar-refractivity contribution in [2.24, 2.45) is 5.73 Å². The number of halogens is 1. The lowest BCUT2D eigenvalue weighted by Gasteiger charge is -2.12. The van der Waals surface area contributed by atoms with Crippen molar-refractivity contribution in [2.75, 3.05) is 38.8 Å². The molecule has 20 heavy (non-hydrogen) atoms. The quantitative estimate of drug-likeness (QED) is 0.496. The van der Waals surface area contributed by atoms with E-state index in [1.165, 1.54) is 0 Å². The van der Waals surface area contributed by atoms with E-state index < -0.39 is 0 Å². The molecule has 0 aliphatic heterocycles. The molecule has 1 aromatic carbocycles. The van der Waals surface area contributed by atoms with Crippen molar-refractivity contribution >= 4 is 38.8 Å². The minimum absolute atomic E-state index is 0.392. The minimum Gasteiger partial charge on any atom is -0.389 e. The zero-order chi connectivity index (χ0) is 14.8. The van der Waals surface area contributed by atoms with Crippen LogP contribution in [0.25, 0.3) is 0 Å². The third-order valence-electron chi connectivity index (χ3n) is 2.72. The van der Waals surface area contributed by atoms with Gasteiger partial charge in [0.25, 0.3) is 0 Å². The summed E-state index contributed by atoms with van der Waals surface area (Å²) in [6, 6.07) is 5.87. The Bertz CT molecular complexity index is 430. The number of anilines is 1. The van der Waals surface area contributed by atoms with Crippen molar-refractivity contribution in [3.63, 3.8) is 0 Å². The predicted octanol–water partition coefficient (Wildman–Crippen LogP) is 2.94. The second-order valence-corrected chi connectivity index (χ2v) is 5.56. The maximum Gasteiger partial charge on any atom is 0.107 e. The van der Waals surface area contributed by atoms with Crippen molar-refractivity contribution in [3.05, 3.63) is 28.2 Å².